The van der Waals surface area contributed by atoms with E-state index in [1.807, 2.05) is 25.6 Å². The molecule has 1 saturated heterocycles. The minimum Gasteiger partial charge on any atom is -0.446 e. The molecule has 0 radical (unpaired) electrons. The number of fused-ring (bicyclic) bond motifs is 1. The Balaban J connectivity index is 1.25. The summed E-state index contributed by atoms with van der Waals surface area (Å²) in [6.45, 7) is 5.78. The van der Waals surface area contributed by atoms with Gasteiger partial charge in [-0.05, 0) is 52.4 Å². The van der Waals surface area contributed by atoms with Gasteiger partial charge in [0.1, 0.15) is 6.10 Å². The molecule has 3 aliphatic rings. The molecule has 1 aliphatic heterocycles. The minimum atomic E-state index is -0.337. The predicted molar refractivity (Wildman–Crippen MR) is 131 cm³/mol. The van der Waals surface area contributed by atoms with Gasteiger partial charge in [-0.1, -0.05) is 6.08 Å². The van der Waals surface area contributed by atoms with Crippen LogP contribution in [0.5, 0.6) is 0 Å². The van der Waals surface area contributed by atoms with Crippen molar-refractivity contribution >= 4 is 23.7 Å². The molecule has 10 heteroatoms. The van der Waals surface area contributed by atoms with E-state index in [0.29, 0.717) is 19.1 Å². The van der Waals surface area contributed by atoms with Gasteiger partial charge in [-0.15, -0.1) is 0 Å². The fourth-order valence-corrected chi connectivity index (χ4v) is 5.23. The number of hydrogen-bond donors (Lipinski definition) is 3. The molecule has 0 bridgehead atoms. The number of amides is 1. The first-order chi connectivity index (χ1) is 17.0. The molecule has 3 N–H and O–H groups in total. The first-order valence-corrected chi connectivity index (χ1v) is 12.7. The van der Waals surface area contributed by atoms with E-state index < -0.39 is 0 Å². The molecule has 3 unspecified atom stereocenters. The highest BCUT2D eigenvalue weighted by Crippen LogP contribution is 2.36. The van der Waals surface area contributed by atoms with Crippen molar-refractivity contribution in [1.82, 2.24) is 25.3 Å². The summed E-state index contributed by atoms with van der Waals surface area (Å²) in [5.74, 6) is 1.10. The molecular weight excluding hydrogens is 448 g/mol. The highest BCUT2D eigenvalue weighted by atomic mass is 16.6. The van der Waals surface area contributed by atoms with E-state index >= 15 is 0 Å². The SMILES string of the molecule is CC(C)NC(=O)OC1CCC(c2cc(NC3=c4c(c(COC5CCOC5)nn4C)=CCC3)n[nH]2)C1. The number of nitrogens with one attached hydrogen (secondary N) is 3. The zero-order valence-electron chi connectivity index (χ0n) is 20.8. The molecule has 2 fully saturated rings. The third kappa shape index (κ3) is 5.54. The molecule has 10 nitrogen and oxygen atoms in total. The fourth-order valence-electron chi connectivity index (χ4n) is 5.23. The number of nitrogens with zero attached hydrogens (tertiary/aromatic N) is 3. The molecule has 5 rings (SSSR count). The summed E-state index contributed by atoms with van der Waals surface area (Å²) >= 11 is 0. The minimum absolute atomic E-state index is 0.0600. The molecule has 3 heterocycles. The highest BCUT2D eigenvalue weighted by molar-refractivity contribution is 5.67. The summed E-state index contributed by atoms with van der Waals surface area (Å²) in [5.41, 5.74) is 3.16. The average molecular weight is 485 g/mol. The van der Waals surface area contributed by atoms with Gasteiger partial charge in [0.15, 0.2) is 5.82 Å². The van der Waals surface area contributed by atoms with E-state index in [-0.39, 0.29) is 24.3 Å². The van der Waals surface area contributed by atoms with Crippen molar-refractivity contribution in [2.75, 3.05) is 18.5 Å². The van der Waals surface area contributed by atoms with Gasteiger partial charge < -0.3 is 24.8 Å². The Hall–Kier alpha value is -2.85. The number of aromatic nitrogens is 4. The highest BCUT2D eigenvalue weighted by Gasteiger charge is 2.30. The van der Waals surface area contributed by atoms with Crippen LogP contribution in [-0.4, -0.2) is 57.5 Å². The van der Waals surface area contributed by atoms with E-state index in [9.17, 15) is 4.79 Å². The summed E-state index contributed by atoms with van der Waals surface area (Å²) in [5, 5.41) is 21.0. The van der Waals surface area contributed by atoms with Crippen LogP contribution in [0.15, 0.2) is 6.07 Å². The van der Waals surface area contributed by atoms with Crippen LogP contribution in [0.4, 0.5) is 10.6 Å². The van der Waals surface area contributed by atoms with Gasteiger partial charge in [-0.3, -0.25) is 9.78 Å². The van der Waals surface area contributed by atoms with Crippen molar-refractivity contribution in [2.24, 2.45) is 7.05 Å². The summed E-state index contributed by atoms with van der Waals surface area (Å²) in [4.78, 5) is 11.9. The molecule has 3 atom stereocenters. The van der Waals surface area contributed by atoms with Crippen LogP contribution >= 0.6 is 0 Å². The van der Waals surface area contributed by atoms with E-state index in [1.165, 1.54) is 0 Å². The van der Waals surface area contributed by atoms with Gasteiger partial charge in [-0.2, -0.15) is 10.2 Å². The standard InChI is InChI=1S/C25H36N6O4/c1-15(2)26-25(32)35-17-8-7-16(11-17)21-12-23(29-28-21)27-20-6-4-5-19-22(30-31(3)24(19)20)14-34-18-9-10-33-13-18/h5,12,15-18H,4,6-11,13-14H2,1-3H3,(H,26,32)(H2,27,28,29). The molecule has 190 valence electrons. The molecule has 1 amide bonds. The van der Waals surface area contributed by atoms with Crippen molar-refractivity contribution in [3.63, 3.8) is 0 Å². The normalized spacial score (nSPS) is 23.9. The quantitative estimate of drug-likeness (QED) is 0.525. The second kappa shape index (κ2) is 10.4. The Morgan fingerprint density at radius 3 is 3.00 bits per heavy atom. The van der Waals surface area contributed by atoms with Gasteiger partial charge in [0.05, 0.1) is 30.4 Å². The molecule has 0 spiro atoms. The molecule has 1 saturated carbocycles. The second-order valence-electron chi connectivity index (χ2n) is 10.0. The Kier molecular flexibility index (Phi) is 7.10. The van der Waals surface area contributed by atoms with Crippen molar-refractivity contribution in [3.8, 4) is 0 Å². The lowest BCUT2D eigenvalue weighted by atomic mass is 10.0. The smallest absolute Gasteiger partial charge is 0.407 e. The van der Waals surface area contributed by atoms with Crippen LogP contribution < -0.4 is 21.2 Å². The van der Waals surface area contributed by atoms with Crippen LogP contribution in [0.2, 0.25) is 0 Å². The van der Waals surface area contributed by atoms with Crippen LogP contribution in [-0.2, 0) is 27.9 Å². The number of carbonyl (C=O) groups excluding carboxylic acids is 1. The lowest BCUT2D eigenvalue weighted by Crippen LogP contribution is -2.36. The number of alkyl carbamates (subject to hydrolysis) is 1. The fraction of sp³-hybridized carbons (Fsp3) is 0.640. The first-order valence-electron chi connectivity index (χ1n) is 12.7. The van der Waals surface area contributed by atoms with Gasteiger partial charge in [0, 0.05) is 48.3 Å². The van der Waals surface area contributed by atoms with Crippen molar-refractivity contribution in [2.45, 2.75) is 83.1 Å². The summed E-state index contributed by atoms with van der Waals surface area (Å²) < 4.78 is 19.0. The zero-order valence-corrected chi connectivity index (χ0v) is 20.8. The number of ether oxygens (including phenoxy) is 3. The van der Waals surface area contributed by atoms with Gasteiger partial charge in [0.2, 0.25) is 0 Å². The van der Waals surface area contributed by atoms with Crippen LogP contribution in [0.1, 0.15) is 69.7 Å². The predicted octanol–water partition coefficient (Wildman–Crippen LogP) is 2.01. The first kappa shape index (κ1) is 23.9. The zero-order chi connectivity index (χ0) is 24.4. The average Bonchev–Trinajstić information content (AvgIpc) is 3.60. The van der Waals surface area contributed by atoms with Crippen LogP contribution in [0, 0.1) is 0 Å². The van der Waals surface area contributed by atoms with Gasteiger partial charge >= 0.3 is 6.09 Å². The number of rotatable bonds is 8. The van der Waals surface area contributed by atoms with E-state index in [2.05, 4.69) is 33.0 Å². The third-order valence-electron chi connectivity index (χ3n) is 6.91. The summed E-state index contributed by atoms with van der Waals surface area (Å²) in [7, 11) is 1.98. The lowest BCUT2D eigenvalue weighted by molar-refractivity contribution is 0.0296. The third-order valence-corrected chi connectivity index (χ3v) is 6.91. The Labute approximate surface area is 205 Å². The number of hydrogen-bond acceptors (Lipinski definition) is 7. The largest absolute Gasteiger partial charge is 0.446 e. The van der Waals surface area contributed by atoms with Gasteiger partial charge in [0.25, 0.3) is 0 Å². The van der Waals surface area contributed by atoms with Crippen molar-refractivity contribution in [3.05, 3.63) is 28.0 Å². The summed E-state index contributed by atoms with van der Waals surface area (Å²) in [6.07, 6.45) is 7.43. The Morgan fingerprint density at radius 1 is 1.31 bits per heavy atom. The van der Waals surface area contributed by atoms with E-state index in [4.69, 9.17) is 19.3 Å². The Bertz CT molecular complexity index is 1160. The number of aromatic amines is 1. The van der Waals surface area contributed by atoms with E-state index in [0.717, 1.165) is 78.6 Å². The second-order valence-corrected chi connectivity index (χ2v) is 10.0. The number of aryl methyl sites for hydroxylation is 1. The number of carbonyl (C=O) groups is 1. The van der Waals surface area contributed by atoms with Gasteiger partial charge in [-0.25, -0.2) is 4.79 Å². The Morgan fingerprint density at radius 2 is 2.20 bits per heavy atom. The van der Waals surface area contributed by atoms with E-state index in [1.54, 1.807) is 0 Å². The number of H-pyrrole nitrogens is 1. The van der Waals surface area contributed by atoms with Crippen LogP contribution in [0.25, 0.3) is 11.8 Å². The molecule has 35 heavy (non-hydrogen) atoms. The lowest BCUT2D eigenvalue weighted by Gasteiger charge is -2.14. The topological polar surface area (TPSA) is 115 Å². The maximum Gasteiger partial charge on any atom is 0.407 e. The monoisotopic (exact) mass is 484 g/mol. The molecule has 0 aromatic carbocycles. The summed E-state index contributed by atoms with van der Waals surface area (Å²) in [6, 6.07) is 2.15. The molecule has 2 aromatic rings. The van der Waals surface area contributed by atoms with Crippen molar-refractivity contribution in [1.29, 1.82) is 0 Å². The molecule has 2 aromatic heterocycles. The maximum atomic E-state index is 11.9. The molecular formula is C25H36N6O4. The number of anilines is 1. The maximum absolute atomic E-state index is 11.9. The molecule has 2 aliphatic carbocycles. The van der Waals surface area contributed by atoms with Crippen LogP contribution in [0.3, 0.4) is 0 Å². The van der Waals surface area contributed by atoms with Crippen molar-refractivity contribution < 1.29 is 19.0 Å².